The van der Waals surface area contributed by atoms with Gasteiger partial charge in [-0.2, -0.15) is 5.10 Å². The second-order valence-corrected chi connectivity index (χ2v) is 5.68. The van der Waals surface area contributed by atoms with Crippen LogP contribution in [0.25, 0.3) is 16.9 Å². The fourth-order valence-corrected chi connectivity index (χ4v) is 2.82. The van der Waals surface area contributed by atoms with Crippen molar-refractivity contribution in [2.75, 3.05) is 0 Å². The molecule has 0 unspecified atom stereocenters. The number of nitrogens with two attached hydrogens (primary N) is 1. The zero-order valence-corrected chi connectivity index (χ0v) is 13.1. The highest BCUT2D eigenvalue weighted by atomic mass is 16.1. The molecule has 1 amide bonds. The Balaban J connectivity index is 2.41. The molecule has 0 bridgehead atoms. The van der Waals surface area contributed by atoms with E-state index in [4.69, 9.17) is 5.73 Å². The van der Waals surface area contributed by atoms with Crippen molar-refractivity contribution in [3.05, 3.63) is 52.3 Å². The van der Waals surface area contributed by atoms with Crippen molar-refractivity contribution >= 4 is 11.6 Å². The summed E-state index contributed by atoms with van der Waals surface area (Å²) >= 11 is 0. The van der Waals surface area contributed by atoms with Gasteiger partial charge in [0.15, 0.2) is 5.65 Å². The molecule has 0 aliphatic heterocycles. The molecule has 2 aromatic heterocycles. The van der Waals surface area contributed by atoms with E-state index in [-0.39, 0.29) is 0 Å². The Hall–Kier alpha value is -2.69. The van der Waals surface area contributed by atoms with Crippen LogP contribution in [0.3, 0.4) is 0 Å². The van der Waals surface area contributed by atoms with Crippen molar-refractivity contribution in [1.82, 2.24) is 14.6 Å². The van der Waals surface area contributed by atoms with Gasteiger partial charge in [-0.3, -0.25) is 4.79 Å². The minimum atomic E-state index is -0.512. The van der Waals surface area contributed by atoms with Crippen LogP contribution < -0.4 is 5.73 Å². The Kier molecular flexibility index (Phi) is 3.20. The average molecular weight is 294 g/mol. The Morgan fingerprint density at radius 2 is 1.86 bits per heavy atom. The SMILES string of the molecule is Cc1ccc(-c2nn3c(C)cc(C)nc3c2C(N)=O)c(C)c1. The maximum atomic E-state index is 12.0. The second-order valence-electron chi connectivity index (χ2n) is 5.68. The number of rotatable bonds is 2. The first-order chi connectivity index (χ1) is 10.4. The van der Waals surface area contributed by atoms with Gasteiger partial charge < -0.3 is 5.73 Å². The second kappa shape index (κ2) is 4.94. The predicted molar refractivity (Wildman–Crippen MR) is 85.9 cm³/mol. The molecule has 22 heavy (non-hydrogen) atoms. The summed E-state index contributed by atoms with van der Waals surface area (Å²) in [5.74, 6) is -0.512. The van der Waals surface area contributed by atoms with E-state index in [0.717, 1.165) is 28.1 Å². The first-order valence-electron chi connectivity index (χ1n) is 7.13. The van der Waals surface area contributed by atoms with Crippen molar-refractivity contribution < 1.29 is 4.79 Å². The minimum absolute atomic E-state index is 0.374. The summed E-state index contributed by atoms with van der Waals surface area (Å²) in [6.07, 6.45) is 0. The van der Waals surface area contributed by atoms with Gasteiger partial charge in [0.05, 0.1) is 0 Å². The maximum absolute atomic E-state index is 12.0. The van der Waals surface area contributed by atoms with Crippen LogP contribution in [0.5, 0.6) is 0 Å². The van der Waals surface area contributed by atoms with Gasteiger partial charge in [-0.15, -0.1) is 0 Å². The van der Waals surface area contributed by atoms with Gasteiger partial charge in [-0.25, -0.2) is 9.50 Å². The minimum Gasteiger partial charge on any atom is -0.365 e. The van der Waals surface area contributed by atoms with Crippen molar-refractivity contribution in [1.29, 1.82) is 0 Å². The van der Waals surface area contributed by atoms with Crippen LogP contribution >= 0.6 is 0 Å². The van der Waals surface area contributed by atoms with Crippen LogP contribution in [-0.2, 0) is 0 Å². The van der Waals surface area contributed by atoms with E-state index in [0.29, 0.717) is 16.9 Å². The smallest absolute Gasteiger partial charge is 0.254 e. The Labute approximate surface area is 128 Å². The molecule has 112 valence electrons. The van der Waals surface area contributed by atoms with E-state index in [1.807, 2.05) is 45.9 Å². The van der Waals surface area contributed by atoms with Crippen molar-refractivity contribution in [2.24, 2.45) is 5.73 Å². The first-order valence-corrected chi connectivity index (χ1v) is 7.13. The molecule has 2 N–H and O–H groups in total. The molecule has 0 saturated heterocycles. The zero-order valence-electron chi connectivity index (χ0n) is 13.1. The third-order valence-corrected chi connectivity index (χ3v) is 3.78. The number of hydrogen-bond acceptors (Lipinski definition) is 3. The number of hydrogen-bond donors (Lipinski definition) is 1. The highest BCUT2D eigenvalue weighted by Crippen LogP contribution is 2.29. The molecule has 0 radical (unpaired) electrons. The van der Waals surface area contributed by atoms with Gasteiger partial charge >= 0.3 is 0 Å². The summed E-state index contributed by atoms with van der Waals surface area (Å²) in [5, 5.41) is 4.59. The van der Waals surface area contributed by atoms with Gasteiger partial charge in [0.25, 0.3) is 5.91 Å². The number of aryl methyl sites for hydroxylation is 4. The third-order valence-electron chi connectivity index (χ3n) is 3.78. The summed E-state index contributed by atoms with van der Waals surface area (Å²) < 4.78 is 1.68. The lowest BCUT2D eigenvalue weighted by molar-refractivity contribution is 0.100. The molecular weight excluding hydrogens is 276 g/mol. The summed E-state index contributed by atoms with van der Waals surface area (Å²) in [5.41, 5.74) is 12.0. The lowest BCUT2D eigenvalue weighted by Gasteiger charge is -2.05. The van der Waals surface area contributed by atoms with Gasteiger partial charge in [-0.05, 0) is 39.3 Å². The van der Waals surface area contributed by atoms with Gasteiger partial charge in [0.2, 0.25) is 0 Å². The summed E-state index contributed by atoms with van der Waals surface area (Å²) in [7, 11) is 0. The molecule has 1 aromatic carbocycles. The van der Waals surface area contributed by atoms with E-state index in [2.05, 4.69) is 16.1 Å². The molecule has 0 aliphatic rings. The van der Waals surface area contributed by atoms with Crippen LogP contribution in [0, 0.1) is 27.7 Å². The third kappa shape index (κ3) is 2.15. The Morgan fingerprint density at radius 3 is 2.50 bits per heavy atom. The monoisotopic (exact) mass is 294 g/mol. The van der Waals surface area contributed by atoms with E-state index in [1.165, 1.54) is 0 Å². The van der Waals surface area contributed by atoms with Crippen molar-refractivity contribution in [3.8, 4) is 11.3 Å². The van der Waals surface area contributed by atoms with Crippen molar-refractivity contribution in [2.45, 2.75) is 27.7 Å². The molecule has 0 fully saturated rings. The summed E-state index contributed by atoms with van der Waals surface area (Å²) in [6, 6.07) is 7.97. The number of aromatic nitrogens is 3. The Bertz CT molecular complexity index is 909. The van der Waals surface area contributed by atoms with Crippen molar-refractivity contribution in [3.63, 3.8) is 0 Å². The molecule has 0 saturated carbocycles. The number of primary amides is 1. The average Bonchev–Trinajstić information content (AvgIpc) is 2.78. The largest absolute Gasteiger partial charge is 0.365 e. The number of nitrogens with zero attached hydrogens (tertiary/aromatic N) is 3. The van der Waals surface area contributed by atoms with Gasteiger partial charge in [-0.1, -0.05) is 23.8 Å². The van der Waals surface area contributed by atoms with E-state index in [9.17, 15) is 4.79 Å². The zero-order chi connectivity index (χ0) is 16.0. The molecule has 3 aromatic rings. The normalized spacial score (nSPS) is 11.1. The molecular formula is C17H18N4O. The fourth-order valence-electron chi connectivity index (χ4n) is 2.82. The lowest BCUT2D eigenvalue weighted by atomic mass is 10.0. The number of carbonyl (C=O) groups is 1. The van der Waals surface area contributed by atoms with Crippen LogP contribution in [0.15, 0.2) is 24.3 Å². The van der Waals surface area contributed by atoms with Crippen LogP contribution in [-0.4, -0.2) is 20.5 Å². The first kappa shape index (κ1) is 14.3. The molecule has 2 heterocycles. The van der Waals surface area contributed by atoms with Gasteiger partial charge in [0.1, 0.15) is 11.3 Å². The van der Waals surface area contributed by atoms with Crippen LogP contribution in [0.1, 0.15) is 32.9 Å². The molecule has 0 aliphatic carbocycles. The highest BCUT2D eigenvalue weighted by Gasteiger charge is 2.22. The summed E-state index contributed by atoms with van der Waals surface area (Å²) in [6.45, 7) is 7.86. The molecule has 0 spiro atoms. The molecule has 5 nitrogen and oxygen atoms in total. The fraction of sp³-hybridized carbons (Fsp3) is 0.235. The molecule has 3 rings (SSSR count). The standard InChI is InChI=1S/C17H18N4O/c1-9-5-6-13(10(2)7-9)15-14(16(18)22)17-19-11(3)8-12(4)21(17)20-15/h5-8H,1-4H3,(H2,18,22). The quantitative estimate of drug-likeness (QED) is 0.789. The van der Waals surface area contributed by atoms with Gasteiger partial charge in [0, 0.05) is 17.0 Å². The summed E-state index contributed by atoms with van der Waals surface area (Å²) in [4.78, 5) is 16.5. The van der Waals surface area contributed by atoms with E-state index < -0.39 is 5.91 Å². The predicted octanol–water partition coefficient (Wildman–Crippen LogP) is 2.73. The topological polar surface area (TPSA) is 73.3 Å². The number of benzene rings is 1. The van der Waals surface area contributed by atoms with Crippen LogP contribution in [0.4, 0.5) is 0 Å². The van der Waals surface area contributed by atoms with E-state index >= 15 is 0 Å². The Morgan fingerprint density at radius 1 is 1.14 bits per heavy atom. The molecule has 0 atom stereocenters. The lowest BCUT2D eigenvalue weighted by Crippen LogP contribution is -2.12. The maximum Gasteiger partial charge on any atom is 0.254 e. The highest BCUT2D eigenvalue weighted by molar-refractivity contribution is 6.05. The number of fused-ring (bicyclic) bond motifs is 1. The van der Waals surface area contributed by atoms with E-state index in [1.54, 1.807) is 4.52 Å². The molecule has 5 heteroatoms. The number of amides is 1. The van der Waals surface area contributed by atoms with Crippen LogP contribution in [0.2, 0.25) is 0 Å². The number of carbonyl (C=O) groups excluding carboxylic acids is 1.